The topological polar surface area (TPSA) is 63.3 Å². The molecule has 0 saturated carbocycles. The molecule has 1 heterocycles. The SMILES string of the molecule is CCc1onc(-c2ccc(C)cc2)c1C(=O)O. The van der Waals surface area contributed by atoms with Gasteiger partial charge in [0.2, 0.25) is 0 Å². The summed E-state index contributed by atoms with van der Waals surface area (Å²) in [7, 11) is 0. The lowest BCUT2D eigenvalue weighted by molar-refractivity contribution is 0.0695. The van der Waals surface area contributed by atoms with Crippen LogP contribution >= 0.6 is 0 Å². The molecule has 2 aromatic rings. The highest BCUT2D eigenvalue weighted by Gasteiger charge is 2.22. The Bertz CT molecular complexity index is 540. The second-order valence-corrected chi connectivity index (χ2v) is 3.85. The second kappa shape index (κ2) is 4.41. The van der Waals surface area contributed by atoms with Crippen LogP contribution in [-0.4, -0.2) is 16.2 Å². The van der Waals surface area contributed by atoms with Gasteiger partial charge in [0.1, 0.15) is 11.3 Å². The van der Waals surface area contributed by atoms with Crippen LogP contribution in [0.4, 0.5) is 0 Å². The van der Waals surface area contributed by atoms with E-state index in [4.69, 9.17) is 4.52 Å². The molecule has 0 aliphatic heterocycles. The molecule has 0 fully saturated rings. The summed E-state index contributed by atoms with van der Waals surface area (Å²) >= 11 is 0. The van der Waals surface area contributed by atoms with Crippen molar-refractivity contribution < 1.29 is 14.4 Å². The van der Waals surface area contributed by atoms with Crippen LogP contribution in [0.1, 0.15) is 28.6 Å². The molecule has 0 saturated heterocycles. The minimum atomic E-state index is -1.00. The number of hydrogen-bond acceptors (Lipinski definition) is 3. The van der Waals surface area contributed by atoms with E-state index in [1.165, 1.54) is 0 Å². The summed E-state index contributed by atoms with van der Waals surface area (Å²) in [6.07, 6.45) is 0.514. The van der Waals surface area contributed by atoms with Crippen molar-refractivity contribution in [1.82, 2.24) is 5.16 Å². The molecule has 88 valence electrons. The Morgan fingerprint density at radius 2 is 2.00 bits per heavy atom. The number of hydrogen-bond donors (Lipinski definition) is 1. The number of benzene rings is 1. The highest BCUT2D eigenvalue weighted by Crippen LogP contribution is 2.26. The zero-order chi connectivity index (χ0) is 12.4. The Kier molecular flexibility index (Phi) is 2.95. The summed E-state index contributed by atoms with van der Waals surface area (Å²) in [6.45, 7) is 3.81. The van der Waals surface area contributed by atoms with E-state index in [-0.39, 0.29) is 5.56 Å². The van der Waals surface area contributed by atoms with Gasteiger partial charge in [-0.25, -0.2) is 4.79 Å². The smallest absolute Gasteiger partial charge is 0.341 e. The van der Waals surface area contributed by atoms with E-state index in [1.807, 2.05) is 38.1 Å². The Labute approximate surface area is 98.9 Å². The predicted molar refractivity (Wildman–Crippen MR) is 63.0 cm³/mol. The lowest BCUT2D eigenvalue weighted by atomic mass is 10.0. The number of aryl methyl sites for hydroxylation is 2. The minimum absolute atomic E-state index is 0.163. The van der Waals surface area contributed by atoms with Gasteiger partial charge in [0, 0.05) is 12.0 Å². The van der Waals surface area contributed by atoms with Crippen molar-refractivity contribution in [2.45, 2.75) is 20.3 Å². The maximum atomic E-state index is 11.2. The van der Waals surface area contributed by atoms with Gasteiger partial charge in [0.05, 0.1) is 0 Å². The van der Waals surface area contributed by atoms with E-state index in [0.717, 1.165) is 11.1 Å². The van der Waals surface area contributed by atoms with Crippen LogP contribution in [0.25, 0.3) is 11.3 Å². The first-order valence-electron chi connectivity index (χ1n) is 5.42. The molecule has 0 spiro atoms. The number of carboxylic acids is 1. The molecule has 4 heteroatoms. The van der Waals surface area contributed by atoms with Crippen LogP contribution in [0.5, 0.6) is 0 Å². The summed E-state index contributed by atoms with van der Waals surface area (Å²) in [5, 5.41) is 13.0. The fraction of sp³-hybridized carbons (Fsp3) is 0.231. The van der Waals surface area contributed by atoms with Gasteiger partial charge in [-0.2, -0.15) is 0 Å². The first-order valence-corrected chi connectivity index (χ1v) is 5.42. The summed E-state index contributed by atoms with van der Waals surface area (Å²) in [5.41, 5.74) is 2.44. The average Bonchev–Trinajstić information content (AvgIpc) is 2.73. The predicted octanol–water partition coefficient (Wildman–Crippen LogP) is 2.91. The lowest BCUT2D eigenvalue weighted by Crippen LogP contribution is -2.00. The van der Waals surface area contributed by atoms with Crippen molar-refractivity contribution in [2.24, 2.45) is 0 Å². The number of aromatic carboxylic acids is 1. The van der Waals surface area contributed by atoms with E-state index >= 15 is 0 Å². The van der Waals surface area contributed by atoms with Crippen LogP contribution in [-0.2, 0) is 6.42 Å². The molecule has 1 aromatic heterocycles. The monoisotopic (exact) mass is 231 g/mol. The summed E-state index contributed by atoms with van der Waals surface area (Å²) < 4.78 is 5.06. The molecule has 0 amide bonds. The van der Waals surface area contributed by atoms with Gasteiger partial charge >= 0.3 is 5.97 Å². The van der Waals surface area contributed by atoms with Crippen molar-refractivity contribution in [3.05, 3.63) is 41.2 Å². The Balaban J connectivity index is 2.55. The number of nitrogens with zero attached hydrogens (tertiary/aromatic N) is 1. The van der Waals surface area contributed by atoms with Crippen LogP contribution in [0.15, 0.2) is 28.8 Å². The molecule has 4 nitrogen and oxygen atoms in total. The van der Waals surface area contributed by atoms with E-state index in [0.29, 0.717) is 17.9 Å². The van der Waals surface area contributed by atoms with E-state index in [1.54, 1.807) is 0 Å². The summed E-state index contributed by atoms with van der Waals surface area (Å²) in [4.78, 5) is 11.2. The van der Waals surface area contributed by atoms with Gasteiger partial charge in [0.15, 0.2) is 5.76 Å². The first-order chi connectivity index (χ1) is 8.13. The lowest BCUT2D eigenvalue weighted by Gasteiger charge is -1.99. The Morgan fingerprint density at radius 1 is 1.35 bits per heavy atom. The molecular weight excluding hydrogens is 218 g/mol. The van der Waals surface area contributed by atoms with Gasteiger partial charge in [-0.15, -0.1) is 0 Å². The number of carbonyl (C=O) groups is 1. The standard InChI is InChI=1S/C13H13NO3/c1-3-10-11(13(15)16)12(14-17-10)9-6-4-8(2)5-7-9/h4-7H,3H2,1-2H3,(H,15,16). The fourth-order valence-electron chi connectivity index (χ4n) is 1.69. The molecule has 0 aliphatic carbocycles. The highest BCUT2D eigenvalue weighted by atomic mass is 16.5. The molecule has 2 rings (SSSR count). The first kappa shape index (κ1) is 11.4. The van der Waals surface area contributed by atoms with Gasteiger partial charge < -0.3 is 9.63 Å². The Morgan fingerprint density at radius 3 is 2.53 bits per heavy atom. The summed E-state index contributed by atoms with van der Waals surface area (Å²) in [6, 6.07) is 7.53. The van der Waals surface area contributed by atoms with Crippen molar-refractivity contribution in [3.63, 3.8) is 0 Å². The molecule has 1 aromatic carbocycles. The van der Waals surface area contributed by atoms with Crippen LogP contribution < -0.4 is 0 Å². The fourth-order valence-corrected chi connectivity index (χ4v) is 1.69. The maximum Gasteiger partial charge on any atom is 0.341 e. The molecule has 0 unspecified atom stereocenters. The van der Waals surface area contributed by atoms with E-state index in [9.17, 15) is 9.90 Å². The van der Waals surface area contributed by atoms with Crippen molar-refractivity contribution >= 4 is 5.97 Å². The zero-order valence-electron chi connectivity index (χ0n) is 9.73. The normalized spacial score (nSPS) is 10.5. The Hall–Kier alpha value is -2.10. The van der Waals surface area contributed by atoms with Crippen molar-refractivity contribution in [1.29, 1.82) is 0 Å². The second-order valence-electron chi connectivity index (χ2n) is 3.85. The van der Waals surface area contributed by atoms with E-state index < -0.39 is 5.97 Å². The zero-order valence-corrected chi connectivity index (χ0v) is 9.73. The number of aromatic nitrogens is 1. The van der Waals surface area contributed by atoms with Gasteiger partial charge in [-0.3, -0.25) is 0 Å². The molecule has 17 heavy (non-hydrogen) atoms. The summed E-state index contributed by atoms with van der Waals surface area (Å²) in [5.74, 6) is -0.591. The van der Waals surface area contributed by atoms with Crippen molar-refractivity contribution in [3.8, 4) is 11.3 Å². The molecule has 0 radical (unpaired) electrons. The number of rotatable bonds is 3. The minimum Gasteiger partial charge on any atom is -0.477 e. The highest BCUT2D eigenvalue weighted by molar-refractivity contribution is 5.95. The molecule has 1 N–H and O–H groups in total. The molecule has 0 aliphatic rings. The third-order valence-corrected chi connectivity index (χ3v) is 2.62. The van der Waals surface area contributed by atoms with Crippen molar-refractivity contribution in [2.75, 3.05) is 0 Å². The van der Waals surface area contributed by atoms with Gasteiger partial charge in [0.25, 0.3) is 0 Å². The quantitative estimate of drug-likeness (QED) is 0.882. The largest absolute Gasteiger partial charge is 0.477 e. The van der Waals surface area contributed by atoms with Crippen LogP contribution in [0, 0.1) is 6.92 Å². The van der Waals surface area contributed by atoms with Gasteiger partial charge in [-0.05, 0) is 6.92 Å². The molecule has 0 atom stereocenters. The van der Waals surface area contributed by atoms with Gasteiger partial charge in [-0.1, -0.05) is 41.9 Å². The average molecular weight is 231 g/mol. The third kappa shape index (κ3) is 2.06. The third-order valence-electron chi connectivity index (χ3n) is 2.62. The van der Waals surface area contributed by atoms with E-state index in [2.05, 4.69) is 5.16 Å². The maximum absolute atomic E-state index is 11.2. The number of carboxylic acid groups (broad SMARTS) is 1. The molecule has 0 bridgehead atoms. The van der Waals surface area contributed by atoms with Crippen LogP contribution in [0.3, 0.4) is 0 Å². The molecular formula is C13H13NO3. The van der Waals surface area contributed by atoms with Crippen LogP contribution in [0.2, 0.25) is 0 Å².